The topological polar surface area (TPSA) is 116 Å². The van der Waals surface area contributed by atoms with Crippen molar-refractivity contribution < 1.29 is 14.3 Å². The molecule has 0 aliphatic carbocycles. The SMILES string of the molecule is N#Cc1c(-c2ccccc2)cc(-c2ccc(-[n+]3cc([O-])on3)cc2)nc1N. The van der Waals surface area contributed by atoms with Gasteiger partial charge in [-0.1, -0.05) is 30.3 Å². The summed E-state index contributed by atoms with van der Waals surface area (Å²) in [6.45, 7) is 0. The molecular weight excluding hydrogens is 342 g/mol. The molecule has 0 spiro atoms. The van der Waals surface area contributed by atoms with Crippen molar-refractivity contribution in [1.82, 2.24) is 10.3 Å². The highest BCUT2D eigenvalue weighted by Crippen LogP contribution is 2.31. The maximum atomic E-state index is 11.1. The molecule has 0 saturated heterocycles. The Bertz CT molecular complexity index is 1150. The minimum atomic E-state index is -0.520. The maximum absolute atomic E-state index is 11.1. The Kier molecular flexibility index (Phi) is 3.99. The number of nitriles is 1. The van der Waals surface area contributed by atoms with Crippen LogP contribution in [0.1, 0.15) is 5.56 Å². The smallest absolute Gasteiger partial charge is 0.239 e. The summed E-state index contributed by atoms with van der Waals surface area (Å²) in [4.78, 5) is 4.37. The van der Waals surface area contributed by atoms with Crippen molar-refractivity contribution >= 4 is 5.82 Å². The van der Waals surface area contributed by atoms with E-state index >= 15 is 0 Å². The van der Waals surface area contributed by atoms with Gasteiger partial charge in [-0.3, -0.25) is 0 Å². The van der Waals surface area contributed by atoms with Gasteiger partial charge >= 0.3 is 0 Å². The van der Waals surface area contributed by atoms with Crippen LogP contribution in [-0.4, -0.2) is 10.3 Å². The first-order chi connectivity index (χ1) is 13.2. The highest BCUT2D eigenvalue weighted by molar-refractivity contribution is 5.80. The van der Waals surface area contributed by atoms with Crippen LogP contribution in [0.5, 0.6) is 5.95 Å². The van der Waals surface area contributed by atoms with E-state index in [-0.39, 0.29) is 5.82 Å². The second-order valence-electron chi connectivity index (χ2n) is 5.81. The van der Waals surface area contributed by atoms with Crippen LogP contribution in [0.2, 0.25) is 0 Å². The normalized spacial score (nSPS) is 10.5. The van der Waals surface area contributed by atoms with Gasteiger partial charge in [0, 0.05) is 23.3 Å². The fourth-order valence-corrected chi connectivity index (χ4v) is 2.81. The highest BCUT2D eigenvalue weighted by atomic mass is 16.6. The van der Waals surface area contributed by atoms with Gasteiger partial charge in [-0.15, -0.1) is 0 Å². The largest absolute Gasteiger partial charge is 0.539 e. The first-order valence-electron chi connectivity index (χ1n) is 8.08. The molecule has 4 rings (SSSR count). The summed E-state index contributed by atoms with van der Waals surface area (Å²) in [7, 11) is 0. The van der Waals surface area contributed by atoms with Crippen molar-refractivity contribution in [3.63, 3.8) is 0 Å². The van der Waals surface area contributed by atoms with Gasteiger partial charge in [0.25, 0.3) is 0 Å². The second kappa shape index (κ2) is 6.61. The van der Waals surface area contributed by atoms with Crippen LogP contribution < -0.4 is 15.5 Å². The molecule has 0 saturated carbocycles. The Balaban J connectivity index is 1.78. The molecule has 130 valence electrons. The Morgan fingerprint density at radius 2 is 1.78 bits per heavy atom. The summed E-state index contributed by atoms with van der Waals surface area (Å²) >= 11 is 0. The van der Waals surface area contributed by atoms with Crippen LogP contribution in [-0.2, 0) is 0 Å². The first kappa shape index (κ1) is 16.3. The van der Waals surface area contributed by atoms with E-state index in [0.717, 1.165) is 16.7 Å². The third-order valence-electron chi connectivity index (χ3n) is 4.12. The van der Waals surface area contributed by atoms with Gasteiger partial charge in [0.05, 0.1) is 11.0 Å². The first-order valence-corrected chi connectivity index (χ1v) is 8.08. The number of rotatable bonds is 3. The molecule has 0 bridgehead atoms. The number of aromatic nitrogens is 3. The van der Waals surface area contributed by atoms with Crippen molar-refractivity contribution in [1.29, 1.82) is 5.26 Å². The Morgan fingerprint density at radius 1 is 1.04 bits per heavy atom. The Labute approximate surface area is 154 Å². The van der Waals surface area contributed by atoms with Gasteiger partial charge in [-0.2, -0.15) is 5.26 Å². The molecule has 2 aromatic carbocycles. The average molecular weight is 355 g/mol. The lowest BCUT2D eigenvalue weighted by Crippen LogP contribution is -2.31. The monoisotopic (exact) mass is 355 g/mol. The number of benzene rings is 2. The zero-order chi connectivity index (χ0) is 18.8. The quantitative estimate of drug-likeness (QED) is 0.563. The van der Waals surface area contributed by atoms with Gasteiger partial charge in [0.1, 0.15) is 23.4 Å². The molecular formula is C20H13N5O2. The van der Waals surface area contributed by atoms with E-state index in [2.05, 4.69) is 20.8 Å². The predicted molar refractivity (Wildman–Crippen MR) is 95.3 cm³/mol. The molecule has 2 aromatic heterocycles. The number of nitrogen functional groups attached to an aromatic ring is 1. The summed E-state index contributed by atoms with van der Waals surface area (Å²) in [5, 5.41) is 24.2. The fourth-order valence-electron chi connectivity index (χ4n) is 2.81. The maximum Gasteiger partial charge on any atom is 0.239 e. The molecule has 7 heteroatoms. The zero-order valence-corrected chi connectivity index (χ0v) is 14.0. The molecule has 7 nitrogen and oxygen atoms in total. The van der Waals surface area contributed by atoms with Crippen molar-refractivity contribution in [2.75, 3.05) is 5.73 Å². The van der Waals surface area contributed by atoms with Crippen molar-refractivity contribution in [3.8, 4) is 40.1 Å². The van der Waals surface area contributed by atoms with Crippen molar-refractivity contribution in [2.45, 2.75) is 0 Å². The van der Waals surface area contributed by atoms with Crippen molar-refractivity contribution in [3.05, 3.63) is 72.4 Å². The molecule has 0 radical (unpaired) electrons. The van der Waals surface area contributed by atoms with Crippen LogP contribution >= 0.6 is 0 Å². The average Bonchev–Trinajstić information content (AvgIpc) is 3.14. The zero-order valence-electron chi connectivity index (χ0n) is 14.0. The third-order valence-corrected chi connectivity index (χ3v) is 4.12. The van der Waals surface area contributed by atoms with E-state index in [0.29, 0.717) is 16.9 Å². The molecule has 0 fully saturated rings. The molecule has 4 aromatic rings. The van der Waals surface area contributed by atoms with E-state index < -0.39 is 5.95 Å². The summed E-state index contributed by atoms with van der Waals surface area (Å²) in [6.07, 6.45) is 1.25. The predicted octanol–water partition coefficient (Wildman–Crippen LogP) is 2.21. The number of hydrogen-bond acceptors (Lipinski definition) is 6. The summed E-state index contributed by atoms with van der Waals surface area (Å²) < 4.78 is 5.89. The van der Waals surface area contributed by atoms with Gasteiger partial charge in [0.15, 0.2) is 0 Å². The lowest BCUT2D eigenvalue weighted by atomic mass is 9.98. The fraction of sp³-hybridized carbons (Fsp3) is 0. The van der Waals surface area contributed by atoms with Gasteiger partial charge in [0.2, 0.25) is 11.9 Å². The Hall–Kier alpha value is -4.18. The summed E-state index contributed by atoms with van der Waals surface area (Å²) in [6, 6.07) is 20.8. The molecule has 0 unspecified atom stereocenters. The molecule has 0 amide bonds. The van der Waals surface area contributed by atoms with E-state index in [1.807, 2.05) is 48.5 Å². The van der Waals surface area contributed by atoms with Crippen LogP contribution in [0.15, 0.2) is 71.4 Å². The molecule has 27 heavy (non-hydrogen) atoms. The third kappa shape index (κ3) is 3.07. The number of anilines is 1. The van der Waals surface area contributed by atoms with E-state index in [4.69, 9.17) is 5.73 Å². The van der Waals surface area contributed by atoms with E-state index in [1.165, 1.54) is 10.9 Å². The number of nitrogens with zero attached hydrogens (tertiary/aromatic N) is 4. The standard InChI is InChI=1S/C20H13N5O2/c21-11-17-16(13-4-2-1-3-5-13)10-18(23-20(17)22)14-6-8-15(9-7-14)25-12-19(26)27-24-25/h1-10,12H,(H2-,22,23,24,26). The minimum absolute atomic E-state index is 0.180. The molecule has 2 heterocycles. The van der Waals surface area contributed by atoms with Gasteiger partial charge in [-0.05, 0) is 28.4 Å². The molecule has 2 N–H and O–H groups in total. The second-order valence-corrected chi connectivity index (χ2v) is 5.81. The van der Waals surface area contributed by atoms with Crippen LogP contribution in [0, 0.1) is 11.3 Å². The lowest BCUT2D eigenvalue weighted by molar-refractivity contribution is -0.670. The van der Waals surface area contributed by atoms with Crippen LogP contribution in [0.4, 0.5) is 5.82 Å². The molecule has 0 aliphatic rings. The van der Waals surface area contributed by atoms with Crippen LogP contribution in [0.25, 0.3) is 28.1 Å². The lowest BCUT2D eigenvalue weighted by Gasteiger charge is -2.10. The summed E-state index contributed by atoms with van der Waals surface area (Å²) in [5.74, 6) is -0.340. The van der Waals surface area contributed by atoms with Gasteiger partial charge < -0.3 is 15.4 Å². The molecule has 0 atom stereocenters. The number of pyridine rings is 1. The summed E-state index contributed by atoms with van der Waals surface area (Å²) in [5.41, 5.74) is 10.1. The van der Waals surface area contributed by atoms with Gasteiger partial charge in [-0.25, -0.2) is 4.98 Å². The van der Waals surface area contributed by atoms with Crippen LogP contribution in [0.3, 0.4) is 0 Å². The number of nitrogens with two attached hydrogens (primary N) is 1. The van der Waals surface area contributed by atoms with E-state index in [1.54, 1.807) is 12.1 Å². The highest BCUT2D eigenvalue weighted by Gasteiger charge is 2.14. The van der Waals surface area contributed by atoms with Crippen molar-refractivity contribution in [2.24, 2.45) is 0 Å². The van der Waals surface area contributed by atoms with E-state index in [9.17, 15) is 10.4 Å². The minimum Gasteiger partial charge on any atom is -0.539 e. The molecule has 0 aliphatic heterocycles. The Morgan fingerprint density at radius 3 is 2.41 bits per heavy atom. The number of hydrogen-bond donors (Lipinski definition) is 1.